The molecule has 0 saturated heterocycles. The molecule has 0 N–H and O–H groups in total. The van der Waals surface area contributed by atoms with Crippen molar-refractivity contribution in [2.75, 3.05) is 0 Å². The molecule has 0 aliphatic rings. The summed E-state index contributed by atoms with van der Waals surface area (Å²) in [6, 6.07) is 33.4. The van der Waals surface area contributed by atoms with Crippen LogP contribution in [0.1, 0.15) is 48.0 Å². The van der Waals surface area contributed by atoms with Crippen LogP contribution in [-0.4, -0.2) is 11.6 Å². The number of carbonyl (C=O) groups excluding carboxylic acids is 2. The van der Waals surface area contributed by atoms with E-state index < -0.39 is 0 Å². The highest BCUT2D eigenvalue weighted by molar-refractivity contribution is 5.82. The van der Waals surface area contributed by atoms with Crippen LogP contribution in [0.25, 0.3) is 21.5 Å². The molecule has 4 aromatic carbocycles. The normalized spacial score (nSPS) is 8.71. The summed E-state index contributed by atoms with van der Waals surface area (Å²) in [5, 5.41) is 5.24. The minimum atomic E-state index is 0.167. The van der Waals surface area contributed by atoms with E-state index in [1.165, 1.54) is 55.7 Å². The van der Waals surface area contributed by atoms with Crippen molar-refractivity contribution >= 4 is 33.1 Å². The molecule has 0 amide bonds. The molecule has 0 heterocycles. The van der Waals surface area contributed by atoms with Gasteiger partial charge in [0.05, 0.1) is 0 Å². The minimum absolute atomic E-state index is 0.167. The van der Waals surface area contributed by atoms with Crippen LogP contribution in [0.3, 0.4) is 0 Å². The fourth-order valence-electron chi connectivity index (χ4n) is 2.27. The second-order valence-corrected chi connectivity index (χ2v) is 7.22. The third kappa shape index (κ3) is 15.3. The van der Waals surface area contributed by atoms with Crippen LogP contribution in [0, 0.1) is 0 Å². The standard InChI is InChI=1S/2C10H8.2C3H6O.C3H8/c2*1-2-6-10-8-4-3-7-9(10)5-1;2*1-3(2)4;1-3-2/h2*1-8H;2*1-2H3;3H2,1-2H3. The summed E-state index contributed by atoms with van der Waals surface area (Å²) in [6.07, 6.45) is 1.25. The van der Waals surface area contributed by atoms with Crippen LogP contribution in [0.15, 0.2) is 97.1 Å². The third-order valence-electron chi connectivity index (χ3n) is 3.32. The Hall–Kier alpha value is -3.26. The largest absolute Gasteiger partial charge is 0.300 e. The molecule has 164 valence electrons. The first kappa shape index (κ1) is 27.7. The number of hydrogen-bond acceptors (Lipinski definition) is 2. The topological polar surface area (TPSA) is 34.1 Å². The van der Waals surface area contributed by atoms with Crippen molar-refractivity contribution in [3.8, 4) is 0 Å². The van der Waals surface area contributed by atoms with Crippen LogP contribution >= 0.6 is 0 Å². The second kappa shape index (κ2) is 17.6. The first-order chi connectivity index (χ1) is 14.8. The number of benzene rings is 4. The van der Waals surface area contributed by atoms with Crippen LogP contribution in [0.5, 0.6) is 0 Å². The molecule has 0 atom stereocenters. The predicted molar refractivity (Wildman–Crippen MR) is 137 cm³/mol. The van der Waals surface area contributed by atoms with Crippen molar-refractivity contribution in [1.29, 1.82) is 0 Å². The number of Topliss-reactive ketones (excluding diaryl/α,β-unsaturated/α-hetero) is 2. The summed E-state index contributed by atoms with van der Waals surface area (Å²) < 4.78 is 0. The summed E-state index contributed by atoms with van der Waals surface area (Å²) in [7, 11) is 0. The van der Waals surface area contributed by atoms with Gasteiger partial charge >= 0.3 is 0 Å². The lowest BCUT2D eigenvalue weighted by atomic mass is 10.1. The van der Waals surface area contributed by atoms with Crippen LogP contribution in [-0.2, 0) is 9.59 Å². The van der Waals surface area contributed by atoms with E-state index in [9.17, 15) is 9.59 Å². The monoisotopic (exact) mass is 416 g/mol. The van der Waals surface area contributed by atoms with E-state index in [0.717, 1.165) is 0 Å². The van der Waals surface area contributed by atoms with Gasteiger partial charge in [0.2, 0.25) is 0 Å². The molecule has 0 aliphatic heterocycles. The number of carbonyl (C=O) groups is 2. The van der Waals surface area contributed by atoms with Crippen LogP contribution in [0.4, 0.5) is 0 Å². The Morgan fingerprint density at radius 2 is 0.548 bits per heavy atom. The van der Waals surface area contributed by atoms with E-state index in [1.807, 2.05) is 0 Å². The molecular weight excluding hydrogens is 380 g/mol. The van der Waals surface area contributed by atoms with Crippen molar-refractivity contribution in [3.05, 3.63) is 97.1 Å². The van der Waals surface area contributed by atoms with Crippen LogP contribution in [0.2, 0.25) is 0 Å². The van der Waals surface area contributed by atoms with Gasteiger partial charge in [0.15, 0.2) is 0 Å². The summed E-state index contributed by atoms with van der Waals surface area (Å²) in [4.78, 5) is 18.9. The predicted octanol–water partition coefficient (Wildman–Crippen LogP) is 8.29. The van der Waals surface area contributed by atoms with E-state index >= 15 is 0 Å². The molecule has 2 heteroatoms. The SMILES string of the molecule is CC(C)=O.CC(C)=O.CCC.c1ccc2ccccc2c1.c1ccc2ccccc2c1. The highest BCUT2D eigenvalue weighted by Gasteiger charge is 1.86. The van der Waals surface area contributed by atoms with E-state index in [0.29, 0.717) is 0 Å². The molecular formula is C29H36O2. The van der Waals surface area contributed by atoms with Gasteiger partial charge in [-0.05, 0) is 49.2 Å². The number of ketones is 2. The van der Waals surface area contributed by atoms with E-state index in [-0.39, 0.29) is 11.6 Å². The number of fused-ring (bicyclic) bond motifs is 2. The summed E-state index contributed by atoms with van der Waals surface area (Å²) in [5.74, 6) is 0.333. The highest BCUT2D eigenvalue weighted by atomic mass is 16.1. The Bertz CT molecular complexity index is 797. The zero-order valence-corrected chi connectivity index (χ0v) is 19.8. The molecule has 4 aromatic rings. The molecule has 2 nitrogen and oxygen atoms in total. The Morgan fingerprint density at radius 3 is 0.645 bits per heavy atom. The zero-order valence-electron chi connectivity index (χ0n) is 19.8. The van der Waals surface area contributed by atoms with Gasteiger partial charge < -0.3 is 9.59 Å². The fourth-order valence-corrected chi connectivity index (χ4v) is 2.27. The molecule has 31 heavy (non-hydrogen) atoms. The van der Waals surface area contributed by atoms with E-state index in [1.54, 1.807) is 0 Å². The Labute approximate surface area is 187 Å². The van der Waals surface area contributed by atoms with Crippen LogP contribution < -0.4 is 0 Å². The molecule has 0 spiro atoms. The lowest BCUT2D eigenvalue weighted by molar-refractivity contribution is -0.115. The van der Waals surface area contributed by atoms with E-state index in [4.69, 9.17) is 0 Å². The zero-order chi connectivity index (χ0) is 23.5. The lowest BCUT2D eigenvalue weighted by Crippen LogP contribution is -1.69. The maximum Gasteiger partial charge on any atom is 0.126 e. The van der Waals surface area contributed by atoms with Crippen molar-refractivity contribution in [2.45, 2.75) is 48.0 Å². The molecule has 0 fully saturated rings. The van der Waals surface area contributed by atoms with Gasteiger partial charge in [-0.15, -0.1) is 0 Å². The first-order valence-corrected chi connectivity index (χ1v) is 10.6. The highest BCUT2D eigenvalue weighted by Crippen LogP contribution is 2.12. The molecule has 0 saturated carbocycles. The lowest BCUT2D eigenvalue weighted by Gasteiger charge is -1.92. The fraction of sp³-hybridized carbons (Fsp3) is 0.241. The van der Waals surface area contributed by atoms with Crippen molar-refractivity contribution in [2.24, 2.45) is 0 Å². The van der Waals surface area contributed by atoms with Gasteiger partial charge in [0.1, 0.15) is 11.6 Å². The second-order valence-electron chi connectivity index (χ2n) is 7.22. The molecule has 0 aromatic heterocycles. The average Bonchev–Trinajstić information content (AvgIpc) is 2.74. The maximum absolute atomic E-state index is 9.44. The summed E-state index contributed by atoms with van der Waals surface area (Å²) in [5.41, 5.74) is 0. The van der Waals surface area contributed by atoms with Crippen molar-refractivity contribution in [1.82, 2.24) is 0 Å². The van der Waals surface area contributed by atoms with Gasteiger partial charge in [-0.2, -0.15) is 0 Å². The Kier molecular flexibility index (Phi) is 15.7. The van der Waals surface area contributed by atoms with Gasteiger partial charge in [0, 0.05) is 0 Å². The Balaban J connectivity index is 0.000000402. The van der Waals surface area contributed by atoms with Gasteiger partial charge in [-0.1, -0.05) is 117 Å². The van der Waals surface area contributed by atoms with Gasteiger partial charge in [-0.25, -0.2) is 0 Å². The number of hydrogen-bond donors (Lipinski definition) is 0. The molecule has 0 radical (unpaired) electrons. The molecule has 0 aliphatic carbocycles. The number of rotatable bonds is 0. The third-order valence-corrected chi connectivity index (χ3v) is 3.32. The van der Waals surface area contributed by atoms with Crippen molar-refractivity contribution < 1.29 is 9.59 Å². The molecule has 0 unspecified atom stereocenters. The summed E-state index contributed by atoms with van der Waals surface area (Å²) in [6.45, 7) is 10.4. The average molecular weight is 417 g/mol. The van der Waals surface area contributed by atoms with E-state index in [2.05, 4.69) is 111 Å². The van der Waals surface area contributed by atoms with Gasteiger partial charge in [0.25, 0.3) is 0 Å². The maximum atomic E-state index is 9.44. The van der Waals surface area contributed by atoms with Crippen molar-refractivity contribution in [3.63, 3.8) is 0 Å². The van der Waals surface area contributed by atoms with Gasteiger partial charge in [-0.3, -0.25) is 0 Å². The molecule has 4 rings (SSSR count). The Morgan fingerprint density at radius 1 is 0.452 bits per heavy atom. The first-order valence-electron chi connectivity index (χ1n) is 10.6. The molecule has 0 bridgehead atoms. The quantitative estimate of drug-likeness (QED) is 0.289. The summed E-state index contributed by atoms with van der Waals surface area (Å²) >= 11 is 0. The smallest absolute Gasteiger partial charge is 0.126 e. The minimum Gasteiger partial charge on any atom is -0.300 e.